The van der Waals surface area contributed by atoms with Crippen molar-refractivity contribution < 1.29 is 23.6 Å². The van der Waals surface area contributed by atoms with Crippen molar-refractivity contribution in [3.8, 4) is 11.5 Å². The molecule has 1 aromatic heterocycles. The number of hydrogen-bond acceptors (Lipinski definition) is 7. The second-order valence-electron chi connectivity index (χ2n) is 9.10. The van der Waals surface area contributed by atoms with Crippen molar-refractivity contribution in [2.75, 3.05) is 18.5 Å². The third-order valence-corrected chi connectivity index (χ3v) is 5.99. The quantitative estimate of drug-likeness (QED) is 0.410. The first-order valence-electron chi connectivity index (χ1n) is 12.8. The molecule has 0 atom stereocenters. The van der Waals surface area contributed by atoms with Crippen LogP contribution in [0.4, 0.5) is 5.69 Å². The van der Waals surface area contributed by atoms with Crippen molar-refractivity contribution in [3.05, 3.63) is 29.9 Å². The van der Waals surface area contributed by atoms with E-state index in [4.69, 9.17) is 14.0 Å². The largest absolute Gasteiger partial charge is 0.490 e. The summed E-state index contributed by atoms with van der Waals surface area (Å²) in [5, 5.41) is 10.2. The van der Waals surface area contributed by atoms with Gasteiger partial charge in [-0.15, -0.1) is 0 Å². The lowest BCUT2D eigenvalue weighted by molar-refractivity contribution is -0.121. The number of rotatable bonds is 12. The highest BCUT2D eigenvalue weighted by Gasteiger charge is 2.38. The standard InChI is InChI=1S/C26H38N4O5/c1-4-16-33-21-11-10-20(18-22(21)34-17-5-2)27-23(32)12-13-24-28-25(30-35-24)26(29-19(3)31)14-8-6-7-9-15-26/h10-11,18H,4-9,12-17H2,1-3H3,(H,27,32)(H,29,31). The zero-order valence-electron chi connectivity index (χ0n) is 21.2. The zero-order valence-corrected chi connectivity index (χ0v) is 21.2. The van der Waals surface area contributed by atoms with Crippen LogP contribution in [0.5, 0.6) is 11.5 Å². The maximum atomic E-state index is 12.6. The van der Waals surface area contributed by atoms with E-state index in [1.807, 2.05) is 19.9 Å². The first-order valence-corrected chi connectivity index (χ1v) is 12.8. The van der Waals surface area contributed by atoms with Crippen LogP contribution >= 0.6 is 0 Å². The highest BCUT2D eigenvalue weighted by atomic mass is 16.5. The Morgan fingerprint density at radius 3 is 2.37 bits per heavy atom. The molecule has 3 rings (SSSR count). The van der Waals surface area contributed by atoms with Crippen LogP contribution in [-0.2, 0) is 21.5 Å². The number of nitrogens with one attached hydrogen (secondary N) is 2. The summed E-state index contributed by atoms with van der Waals surface area (Å²) in [5.41, 5.74) is 0.0438. The summed E-state index contributed by atoms with van der Waals surface area (Å²) in [6.07, 6.45) is 8.09. The van der Waals surface area contributed by atoms with Crippen LogP contribution in [0.2, 0.25) is 0 Å². The summed E-state index contributed by atoms with van der Waals surface area (Å²) in [6, 6.07) is 5.40. The summed E-state index contributed by atoms with van der Waals surface area (Å²) >= 11 is 0. The van der Waals surface area contributed by atoms with Gasteiger partial charge in [-0.2, -0.15) is 4.98 Å². The van der Waals surface area contributed by atoms with Crippen LogP contribution in [0.3, 0.4) is 0 Å². The average Bonchev–Trinajstić information content (AvgIpc) is 3.20. The molecular weight excluding hydrogens is 448 g/mol. The number of aromatic nitrogens is 2. The Labute approximate surface area is 207 Å². The molecule has 0 unspecified atom stereocenters. The van der Waals surface area contributed by atoms with Crippen molar-refractivity contribution in [2.24, 2.45) is 0 Å². The number of aryl methyl sites for hydroxylation is 1. The molecule has 192 valence electrons. The third-order valence-electron chi connectivity index (χ3n) is 5.99. The van der Waals surface area contributed by atoms with E-state index in [0.717, 1.165) is 51.4 Å². The molecule has 35 heavy (non-hydrogen) atoms. The van der Waals surface area contributed by atoms with Gasteiger partial charge in [0, 0.05) is 31.5 Å². The average molecular weight is 487 g/mol. The van der Waals surface area contributed by atoms with Gasteiger partial charge in [0.05, 0.1) is 13.2 Å². The molecule has 1 saturated carbocycles. The summed E-state index contributed by atoms with van der Waals surface area (Å²) in [4.78, 5) is 29.0. The lowest BCUT2D eigenvalue weighted by Crippen LogP contribution is -2.45. The van der Waals surface area contributed by atoms with E-state index in [0.29, 0.717) is 48.5 Å². The maximum Gasteiger partial charge on any atom is 0.227 e. The summed E-state index contributed by atoms with van der Waals surface area (Å²) < 4.78 is 17.0. The van der Waals surface area contributed by atoms with Gasteiger partial charge in [-0.25, -0.2) is 0 Å². The van der Waals surface area contributed by atoms with E-state index in [1.165, 1.54) is 6.92 Å². The van der Waals surface area contributed by atoms with E-state index in [-0.39, 0.29) is 18.2 Å². The predicted octanol–water partition coefficient (Wildman–Crippen LogP) is 4.90. The van der Waals surface area contributed by atoms with Crippen LogP contribution < -0.4 is 20.1 Å². The van der Waals surface area contributed by atoms with E-state index >= 15 is 0 Å². The summed E-state index contributed by atoms with van der Waals surface area (Å²) in [7, 11) is 0. The molecule has 0 bridgehead atoms. The van der Waals surface area contributed by atoms with E-state index < -0.39 is 5.54 Å². The first kappa shape index (κ1) is 26.5. The third kappa shape index (κ3) is 7.70. The number of nitrogens with zero attached hydrogens (tertiary/aromatic N) is 2. The zero-order chi connectivity index (χ0) is 25.1. The smallest absolute Gasteiger partial charge is 0.227 e. The van der Waals surface area contributed by atoms with Crippen LogP contribution in [0.25, 0.3) is 0 Å². The molecule has 1 aliphatic rings. The van der Waals surface area contributed by atoms with Gasteiger partial charge >= 0.3 is 0 Å². The first-order chi connectivity index (χ1) is 17.0. The van der Waals surface area contributed by atoms with Crippen LogP contribution in [0.1, 0.15) is 90.3 Å². The maximum absolute atomic E-state index is 12.6. The lowest BCUT2D eigenvalue weighted by Gasteiger charge is -2.30. The van der Waals surface area contributed by atoms with Crippen LogP contribution in [-0.4, -0.2) is 35.2 Å². The number of benzene rings is 1. The Morgan fingerprint density at radius 2 is 1.71 bits per heavy atom. The van der Waals surface area contributed by atoms with Gasteiger partial charge < -0.3 is 24.6 Å². The lowest BCUT2D eigenvalue weighted by atomic mass is 9.89. The fourth-order valence-corrected chi connectivity index (χ4v) is 4.31. The predicted molar refractivity (Wildman–Crippen MR) is 132 cm³/mol. The SMILES string of the molecule is CCCOc1ccc(NC(=O)CCc2nc(C3(NC(C)=O)CCCCCC3)no2)cc1OCCC. The van der Waals surface area contributed by atoms with Crippen LogP contribution in [0, 0.1) is 0 Å². The molecule has 0 radical (unpaired) electrons. The second kappa shape index (κ2) is 13.1. The van der Waals surface area contributed by atoms with E-state index in [2.05, 4.69) is 20.8 Å². The number of hydrogen-bond donors (Lipinski definition) is 2. The molecule has 1 heterocycles. The molecule has 0 aliphatic heterocycles. The van der Waals surface area contributed by atoms with Crippen molar-refractivity contribution in [2.45, 2.75) is 90.5 Å². The van der Waals surface area contributed by atoms with E-state index in [9.17, 15) is 9.59 Å². The van der Waals surface area contributed by atoms with Gasteiger partial charge in [-0.3, -0.25) is 9.59 Å². The fraction of sp³-hybridized carbons (Fsp3) is 0.615. The van der Waals surface area contributed by atoms with Gasteiger partial charge in [-0.1, -0.05) is 44.7 Å². The molecule has 1 aliphatic carbocycles. The summed E-state index contributed by atoms with van der Waals surface area (Å²) in [5.74, 6) is 1.91. The number of carbonyl (C=O) groups is 2. The van der Waals surface area contributed by atoms with Gasteiger partial charge in [-0.05, 0) is 37.8 Å². The highest BCUT2D eigenvalue weighted by molar-refractivity contribution is 5.91. The van der Waals surface area contributed by atoms with Crippen molar-refractivity contribution in [1.82, 2.24) is 15.5 Å². The Morgan fingerprint density at radius 1 is 1.03 bits per heavy atom. The molecule has 2 aromatic rings. The highest BCUT2D eigenvalue weighted by Crippen LogP contribution is 2.35. The van der Waals surface area contributed by atoms with Gasteiger partial charge in [0.25, 0.3) is 0 Å². The molecular formula is C26H38N4O5. The minimum Gasteiger partial charge on any atom is -0.490 e. The summed E-state index contributed by atoms with van der Waals surface area (Å²) in [6.45, 7) is 6.76. The molecule has 0 spiro atoms. The Balaban J connectivity index is 1.61. The van der Waals surface area contributed by atoms with Gasteiger partial charge in [0.1, 0.15) is 5.54 Å². The number of amides is 2. The Bertz CT molecular complexity index is 966. The minimum atomic E-state index is -0.594. The van der Waals surface area contributed by atoms with Crippen LogP contribution in [0.15, 0.2) is 22.7 Å². The Hall–Kier alpha value is -3.10. The molecule has 1 aromatic carbocycles. The van der Waals surface area contributed by atoms with Crippen molar-refractivity contribution >= 4 is 17.5 Å². The van der Waals surface area contributed by atoms with E-state index in [1.54, 1.807) is 12.1 Å². The molecule has 2 amide bonds. The second-order valence-corrected chi connectivity index (χ2v) is 9.10. The molecule has 9 heteroatoms. The van der Waals surface area contributed by atoms with Crippen molar-refractivity contribution in [1.29, 1.82) is 0 Å². The van der Waals surface area contributed by atoms with Gasteiger partial charge in [0.15, 0.2) is 17.3 Å². The number of carbonyl (C=O) groups excluding carboxylic acids is 2. The topological polar surface area (TPSA) is 116 Å². The molecule has 2 N–H and O–H groups in total. The molecule has 9 nitrogen and oxygen atoms in total. The number of anilines is 1. The number of ether oxygens (including phenoxy) is 2. The molecule has 1 fully saturated rings. The monoisotopic (exact) mass is 486 g/mol. The van der Waals surface area contributed by atoms with Crippen molar-refractivity contribution in [3.63, 3.8) is 0 Å². The van der Waals surface area contributed by atoms with Gasteiger partial charge in [0.2, 0.25) is 17.7 Å². The Kier molecular flexibility index (Phi) is 9.93. The minimum absolute atomic E-state index is 0.106. The fourth-order valence-electron chi connectivity index (χ4n) is 4.31. The molecule has 0 saturated heterocycles. The normalized spacial score (nSPS) is 15.2.